The van der Waals surface area contributed by atoms with Crippen molar-refractivity contribution < 1.29 is 10.0 Å². The Labute approximate surface area is 92.5 Å². The second-order valence-corrected chi connectivity index (χ2v) is 4.05. The maximum atomic E-state index is 10.9. The fourth-order valence-corrected chi connectivity index (χ4v) is 1.79. The van der Waals surface area contributed by atoms with Crippen LogP contribution < -0.4 is 5.32 Å². The molecule has 1 aliphatic carbocycles. The number of aliphatic hydroxyl groups is 1. The average Bonchev–Trinajstić information content (AvgIpc) is 2.14. The van der Waals surface area contributed by atoms with Gasteiger partial charge in [-0.25, -0.2) is 4.98 Å². The molecule has 16 heavy (non-hydrogen) atoms. The summed E-state index contributed by atoms with van der Waals surface area (Å²) in [7, 11) is 0. The molecule has 0 atom stereocenters. The molecule has 2 rings (SSSR count). The molecule has 0 unspecified atom stereocenters. The van der Waals surface area contributed by atoms with Crippen LogP contribution in [0.1, 0.15) is 18.4 Å². The summed E-state index contributed by atoms with van der Waals surface area (Å²) < 4.78 is 0. The summed E-state index contributed by atoms with van der Waals surface area (Å²) in [5.74, 6) is 0.293. The predicted octanol–water partition coefficient (Wildman–Crippen LogP) is 1.23. The van der Waals surface area contributed by atoms with Gasteiger partial charge in [-0.05, 0) is 25.8 Å². The summed E-state index contributed by atoms with van der Waals surface area (Å²) in [5, 5.41) is 23.0. The third-order valence-electron chi connectivity index (χ3n) is 2.76. The van der Waals surface area contributed by atoms with E-state index in [0.29, 0.717) is 24.2 Å². The van der Waals surface area contributed by atoms with E-state index in [4.69, 9.17) is 5.11 Å². The van der Waals surface area contributed by atoms with Crippen LogP contribution in [0.25, 0.3) is 0 Å². The van der Waals surface area contributed by atoms with Crippen LogP contribution in [0.2, 0.25) is 0 Å². The van der Waals surface area contributed by atoms with Crippen molar-refractivity contribution in [3.05, 3.63) is 27.9 Å². The number of anilines is 1. The van der Waals surface area contributed by atoms with Crippen molar-refractivity contribution in [2.24, 2.45) is 0 Å². The van der Waals surface area contributed by atoms with Crippen molar-refractivity contribution in [1.29, 1.82) is 0 Å². The van der Waals surface area contributed by atoms with Gasteiger partial charge in [0, 0.05) is 17.8 Å². The molecule has 1 aromatic heterocycles. The zero-order chi connectivity index (χ0) is 11.7. The van der Waals surface area contributed by atoms with Crippen LogP contribution in [0, 0.1) is 17.0 Å². The molecule has 1 aromatic rings. The fraction of sp³-hybridized carbons (Fsp3) is 0.500. The van der Waals surface area contributed by atoms with Gasteiger partial charge < -0.3 is 10.4 Å². The first-order valence-electron chi connectivity index (χ1n) is 5.12. The van der Waals surface area contributed by atoms with Gasteiger partial charge in [0.1, 0.15) is 0 Å². The van der Waals surface area contributed by atoms with Gasteiger partial charge in [0.2, 0.25) is 5.82 Å². The Hall–Kier alpha value is -1.69. The van der Waals surface area contributed by atoms with Crippen LogP contribution in [0.15, 0.2) is 12.3 Å². The molecule has 0 spiro atoms. The maximum Gasteiger partial charge on any atom is 0.314 e. The Kier molecular flexibility index (Phi) is 2.74. The summed E-state index contributed by atoms with van der Waals surface area (Å²) in [5.41, 5.74) is 0.603. The second kappa shape index (κ2) is 4.05. The highest BCUT2D eigenvalue weighted by Gasteiger charge is 2.29. The van der Waals surface area contributed by atoms with Gasteiger partial charge >= 0.3 is 5.69 Å². The molecule has 0 saturated heterocycles. The standard InChI is InChI=1S/C10H13N3O3/c1-6-2-3-11-10(9(6)13(15)16)12-7-4-8(14)5-7/h2-3,7-8,14H,4-5H2,1H3,(H,11,12). The topological polar surface area (TPSA) is 88.3 Å². The van der Waals surface area contributed by atoms with Crippen LogP contribution in [0.3, 0.4) is 0 Å². The molecule has 1 aliphatic rings. The third kappa shape index (κ3) is 1.96. The summed E-state index contributed by atoms with van der Waals surface area (Å²) in [6.45, 7) is 1.68. The minimum absolute atomic E-state index is 0.0175. The van der Waals surface area contributed by atoms with Crippen molar-refractivity contribution in [2.75, 3.05) is 5.32 Å². The molecule has 0 aliphatic heterocycles. The summed E-state index contributed by atoms with van der Waals surface area (Å²) in [6, 6.07) is 1.70. The van der Waals surface area contributed by atoms with E-state index in [-0.39, 0.29) is 17.8 Å². The lowest BCUT2D eigenvalue weighted by atomic mass is 9.89. The zero-order valence-electron chi connectivity index (χ0n) is 8.88. The first kappa shape index (κ1) is 10.8. The van der Waals surface area contributed by atoms with Crippen LogP contribution in [-0.2, 0) is 0 Å². The minimum Gasteiger partial charge on any atom is -0.393 e. The van der Waals surface area contributed by atoms with Crippen molar-refractivity contribution in [3.63, 3.8) is 0 Å². The summed E-state index contributed by atoms with van der Waals surface area (Å²) in [4.78, 5) is 14.4. The molecule has 1 heterocycles. The SMILES string of the molecule is Cc1ccnc(NC2CC(O)C2)c1[N+](=O)[O-]. The molecule has 1 saturated carbocycles. The van der Waals surface area contributed by atoms with Gasteiger partial charge in [-0.15, -0.1) is 0 Å². The van der Waals surface area contributed by atoms with E-state index in [1.165, 1.54) is 0 Å². The zero-order valence-corrected chi connectivity index (χ0v) is 8.88. The number of aromatic nitrogens is 1. The number of aliphatic hydroxyl groups excluding tert-OH is 1. The smallest absolute Gasteiger partial charge is 0.314 e. The van der Waals surface area contributed by atoms with E-state index in [1.54, 1.807) is 19.2 Å². The largest absolute Gasteiger partial charge is 0.393 e. The maximum absolute atomic E-state index is 10.9. The van der Waals surface area contributed by atoms with Crippen molar-refractivity contribution in [2.45, 2.75) is 31.9 Å². The average molecular weight is 223 g/mol. The highest BCUT2D eigenvalue weighted by atomic mass is 16.6. The van der Waals surface area contributed by atoms with Gasteiger partial charge in [0.15, 0.2) is 0 Å². The van der Waals surface area contributed by atoms with Crippen LogP contribution >= 0.6 is 0 Å². The number of nitrogens with one attached hydrogen (secondary N) is 1. The second-order valence-electron chi connectivity index (χ2n) is 4.05. The Morgan fingerprint density at radius 2 is 2.31 bits per heavy atom. The fourth-order valence-electron chi connectivity index (χ4n) is 1.79. The molecule has 0 bridgehead atoms. The number of rotatable bonds is 3. The third-order valence-corrected chi connectivity index (χ3v) is 2.76. The van der Waals surface area contributed by atoms with Crippen molar-refractivity contribution in [3.8, 4) is 0 Å². The molecule has 6 nitrogen and oxygen atoms in total. The normalized spacial score (nSPS) is 23.6. The predicted molar refractivity (Wildman–Crippen MR) is 58.3 cm³/mol. The molecule has 1 fully saturated rings. The molecule has 2 N–H and O–H groups in total. The Morgan fingerprint density at radius 3 is 2.88 bits per heavy atom. The van der Waals surface area contributed by atoms with E-state index in [1.807, 2.05) is 0 Å². The molecule has 0 amide bonds. The van der Waals surface area contributed by atoms with E-state index in [9.17, 15) is 10.1 Å². The van der Waals surface area contributed by atoms with Crippen molar-refractivity contribution >= 4 is 11.5 Å². The van der Waals surface area contributed by atoms with E-state index in [0.717, 1.165) is 0 Å². The van der Waals surface area contributed by atoms with Gasteiger partial charge in [-0.2, -0.15) is 0 Å². The Balaban J connectivity index is 2.19. The first-order valence-corrected chi connectivity index (χ1v) is 5.12. The number of hydrogen-bond acceptors (Lipinski definition) is 5. The highest BCUT2D eigenvalue weighted by Crippen LogP contribution is 2.30. The van der Waals surface area contributed by atoms with E-state index < -0.39 is 4.92 Å². The summed E-state index contributed by atoms with van der Waals surface area (Å²) >= 11 is 0. The molecular formula is C10H13N3O3. The van der Waals surface area contributed by atoms with Gasteiger partial charge in [0.25, 0.3) is 0 Å². The number of hydrogen-bond donors (Lipinski definition) is 2. The molecule has 0 radical (unpaired) electrons. The Bertz CT molecular complexity index is 416. The monoisotopic (exact) mass is 223 g/mol. The first-order chi connectivity index (χ1) is 7.58. The van der Waals surface area contributed by atoms with E-state index >= 15 is 0 Å². The Morgan fingerprint density at radius 1 is 1.62 bits per heavy atom. The van der Waals surface area contributed by atoms with Gasteiger partial charge in [-0.1, -0.05) is 0 Å². The van der Waals surface area contributed by atoms with E-state index in [2.05, 4.69) is 10.3 Å². The van der Waals surface area contributed by atoms with Crippen molar-refractivity contribution in [1.82, 2.24) is 4.98 Å². The van der Waals surface area contributed by atoms with Crippen LogP contribution in [-0.4, -0.2) is 27.2 Å². The lowest BCUT2D eigenvalue weighted by Crippen LogP contribution is -2.39. The summed E-state index contributed by atoms with van der Waals surface area (Å²) in [6.07, 6.45) is 2.49. The quantitative estimate of drug-likeness (QED) is 0.594. The number of pyridine rings is 1. The number of aryl methyl sites for hydroxylation is 1. The molecule has 86 valence electrons. The number of nitro groups is 1. The lowest BCUT2D eigenvalue weighted by molar-refractivity contribution is -0.384. The lowest BCUT2D eigenvalue weighted by Gasteiger charge is -2.32. The minimum atomic E-state index is -0.431. The number of nitrogens with zero attached hydrogens (tertiary/aromatic N) is 2. The van der Waals surface area contributed by atoms with Gasteiger partial charge in [-0.3, -0.25) is 10.1 Å². The molecule has 6 heteroatoms. The van der Waals surface area contributed by atoms with Crippen LogP contribution in [0.5, 0.6) is 0 Å². The highest BCUT2D eigenvalue weighted by molar-refractivity contribution is 5.60. The molecular weight excluding hydrogens is 210 g/mol. The van der Waals surface area contributed by atoms with Gasteiger partial charge in [0.05, 0.1) is 11.0 Å². The van der Waals surface area contributed by atoms with Crippen LogP contribution in [0.4, 0.5) is 11.5 Å². The molecule has 0 aromatic carbocycles.